The number of halogens is 1. The van der Waals surface area contributed by atoms with Crippen LogP contribution >= 0.6 is 11.6 Å². The van der Waals surface area contributed by atoms with Gasteiger partial charge in [-0.15, -0.1) is 5.10 Å². The molecule has 2 rings (SSSR count). The number of hydrogen-bond acceptors (Lipinski definition) is 5. The molecule has 66 valence electrons. The number of ether oxygens (including phenoxy) is 1. The van der Waals surface area contributed by atoms with Crippen LogP contribution in [0.15, 0.2) is 4.42 Å². The summed E-state index contributed by atoms with van der Waals surface area (Å²) in [6.07, 6.45) is 0. The second-order valence-corrected chi connectivity index (χ2v) is 2.80. The van der Waals surface area contributed by atoms with Gasteiger partial charge in [0.1, 0.15) is 6.04 Å². The van der Waals surface area contributed by atoms with Crippen molar-refractivity contribution >= 4 is 11.6 Å². The highest BCUT2D eigenvalue weighted by Crippen LogP contribution is 2.15. The van der Waals surface area contributed by atoms with E-state index in [0.29, 0.717) is 12.5 Å². The van der Waals surface area contributed by atoms with E-state index in [4.69, 9.17) is 20.8 Å². The number of morpholine rings is 1. The van der Waals surface area contributed by atoms with Crippen LogP contribution in [0.2, 0.25) is 5.35 Å². The van der Waals surface area contributed by atoms with Gasteiger partial charge in [-0.3, -0.25) is 0 Å². The van der Waals surface area contributed by atoms with Gasteiger partial charge in [-0.2, -0.15) is 0 Å². The van der Waals surface area contributed by atoms with Crippen LogP contribution in [0.5, 0.6) is 0 Å². The Morgan fingerprint density at radius 3 is 3.00 bits per heavy atom. The largest absolute Gasteiger partial charge is 0.410 e. The van der Waals surface area contributed by atoms with Crippen LogP contribution in [0.4, 0.5) is 0 Å². The van der Waals surface area contributed by atoms with Gasteiger partial charge in [0, 0.05) is 6.54 Å². The zero-order chi connectivity index (χ0) is 8.39. The molecule has 1 aromatic heterocycles. The molecule has 1 aliphatic rings. The summed E-state index contributed by atoms with van der Waals surface area (Å²) in [6, 6.07) is -0.0150. The lowest BCUT2D eigenvalue weighted by Crippen LogP contribution is -2.34. The number of nitrogens with zero attached hydrogens (tertiary/aromatic N) is 2. The van der Waals surface area contributed by atoms with E-state index in [1.165, 1.54) is 0 Å². The first-order chi connectivity index (χ1) is 5.86. The van der Waals surface area contributed by atoms with E-state index in [2.05, 4.69) is 15.5 Å². The van der Waals surface area contributed by atoms with E-state index in [9.17, 15) is 0 Å². The summed E-state index contributed by atoms with van der Waals surface area (Å²) in [6.45, 7) is 2.07. The molecular formula is C6H8ClN3O2. The van der Waals surface area contributed by atoms with E-state index < -0.39 is 0 Å². The third-order valence-electron chi connectivity index (χ3n) is 1.64. The molecule has 0 radical (unpaired) electrons. The van der Waals surface area contributed by atoms with Crippen molar-refractivity contribution in [2.75, 3.05) is 19.8 Å². The zero-order valence-corrected chi connectivity index (χ0v) is 7.04. The van der Waals surface area contributed by atoms with Crippen molar-refractivity contribution in [3.05, 3.63) is 11.2 Å². The van der Waals surface area contributed by atoms with Crippen LogP contribution in [0, 0.1) is 0 Å². The molecule has 6 heteroatoms. The van der Waals surface area contributed by atoms with Gasteiger partial charge in [-0.05, 0) is 11.6 Å². The predicted octanol–water partition coefficient (Wildman–Crippen LogP) is 0.384. The van der Waals surface area contributed by atoms with Crippen LogP contribution in [0.25, 0.3) is 0 Å². The normalized spacial score (nSPS) is 24.2. The molecule has 0 bridgehead atoms. The molecular weight excluding hydrogens is 182 g/mol. The first kappa shape index (κ1) is 7.97. The Kier molecular flexibility index (Phi) is 2.25. The smallest absolute Gasteiger partial charge is 0.312 e. The third-order valence-corrected chi connectivity index (χ3v) is 1.79. The second kappa shape index (κ2) is 3.38. The Balaban J connectivity index is 2.08. The van der Waals surface area contributed by atoms with Gasteiger partial charge in [0.2, 0.25) is 5.89 Å². The van der Waals surface area contributed by atoms with Gasteiger partial charge in [0.15, 0.2) is 0 Å². The maximum Gasteiger partial charge on any atom is 0.312 e. The second-order valence-electron chi connectivity index (χ2n) is 2.47. The highest BCUT2D eigenvalue weighted by molar-refractivity contribution is 6.27. The van der Waals surface area contributed by atoms with Gasteiger partial charge >= 0.3 is 5.35 Å². The van der Waals surface area contributed by atoms with Crippen molar-refractivity contribution in [3.63, 3.8) is 0 Å². The fourth-order valence-corrected chi connectivity index (χ4v) is 1.20. The Morgan fingerprint density at radius 2 is 2.42 bits per heavy atom. The summed E-state index contributed by atoms with van der Waals surface area (Å²) >= 11 is 5.47. The molecule has 12 heavy (non-hydrogen) atoms. The topological polar surface area (TPSA) is 60.2 Å². The summed E-state index contributed by atoms with van der Waals surface area (Å²) in [5, 5.41) is 10.5. The number of aromatic nitrogens is 2. The minimum atomic E-state index is -0.0150. The van der Waals surface area contributed by atoms with Crippen LogP contribution < -0.4 is 5.32 Å². The highest BCUT2D eigenvalue weighted by Gasteiger charge is 2.20. The van der Waals surface area contributed by atoms with Crippen molar-refractivity contribution < 1.29 is 9.15 Å². The molecule has 1 aliphatic heterocycles. The lowest BCUT2D eigenvalue weighted by Gasteiger charge is -2.20. The van der Waals surface area contributed by atoms with Gasteiger partial charge in [-0.25, -0.2) is 0 Å². The van der Waals surface area contributed by atoms with Crippen LogP contribution in [-0.4, -0.2) is 30.0 Å². The van der Waals surface area contributed by atoms with Crippen molar-refractivity contribution in [3.8, 4) is 0 Å². The SMILES string of the molecule is Clc1nnc(C2COCCN2)o1. The molecule has 0 aromatic carbocycles. The van der Waals surface area contributed by atoms with E-state index >= 15 is 0 Å². The molecule has 1 fully saturated rings. The molecule has 1 aromatic rings. The molecule has 0 amide bonds. The van der Waals surface area contributed by atoms with Crippen LogP contribution in [0.3, 0.4) is 0 Å². The van der Waals surface area contributed by atoms with E-state index in [1.54, 1.807) is 0 Å². The average molecular weight is 190 g/mol. The summed E-state index contributed by atoms with van der Waals surface area (Å²) in [5.74, 6) is 0.486. The molecule has 0 aliphatic carbocycles. The van der Waals surface area contributed by atoms with Gasteiger partial charge < -0.3 is 14.5 Å². The summed E-state index contributed by atoms with van der Waals surface area (Å²) in [7, 11) is 0. The van der Waals surface area contributed by atoms with Crippen molar-refractivity contribution in [1.82, 2.24) is 15.5 Å². The molecule has 2 heterocycles. The summed E-state index contributed by atoms with van der Waals surface area (Å²) in [4.78, 5) is 0. The van der Waals surface area contributed by atoms with E-state index in [1.807, 2.05) is 0 Å². The van der Waals surface area contributed by atoms with Gasteiger partial charge in [0.25, 0.3) is 0 Å². The molecule has 0 spiro atoms. The lowest BCUT2D eigenvalue weighted by atomic mass is 10.3. The van der Waals surface area contributed by atoms with Gasteiger partial charge in [0.05, 0.1) is 13.2 Å². The first-order valence-corrected chi connectivity index (χ1v) is 4.04. The molecule has 0 saturated carbocycles. The maximum atomic E-state index is 5.47. The Labute approximate surface area is 74.1 Å². The quantitative estimate of drug-likeness (QED) is 0.692. The molecule has 5 nitrogen and oxygen atoms in total. The van der Waals surface area contributed by atoms with Crippen molar-refractivity contribution in [2.24, 2.45) is 0 Å². The minimum absolute atomic E-state index is 0.0150. The maximum absolute atomic E-state index is 5.47. The van der Waals surface area contributed by atoms with E-state index in [0.717, 1.165) is 13.2 Å². The van der Waals surface area contributed by atoms with Crippen molar-refractivity contribution in [2.45, 2.75) is 6.04 Å². The minimum Gasteiger partial charge on any atom is -0.410 e. The Bertz CT molecular complexity index is 259. The highest BCUT2D eigenvalue weighted by atomic mass is 35.5. The fraction of sp³-hybridized carbons (Fsp3) is 0.667. The number of rotatable bonds is 1. The molecule has 1 atom stereocenters. The molecule has 1 saturated heterocycles. The zero-order valence-electron chi connectivity index (χ0n) is 6.29. The summed E-state index contributed by atoms with van der Waals surface area (Å²) < 4.78 is 10.2. The van der Waals surface area contributed by atoms with E-state index in [-0.39, 0.29) is 11.4 Å². The molecule has 1 unspecified atom stereocenters. The Hall–Kier alpha value is -0.650. The molecule has 1 N–H and O–H groups in total. The predicted molar refractivity (Wildman–Crippen MR) is 40.9 cm³/mol. The van der Waals surface area contributed by atoms with Crippen LogP contribution in [0.1, 0.15) is 11.9 Å². The standard InChI is InChI=1S/C6H8ClN3O2/c7-6-10-9-5(12-6)4-3-11-2-1-8-4/h4,8H,1-3H2. The number of nitrogens with one attached hydrogen (secondary N) is 1. The van der Waals surface area contributed by atoms with Crippen molar-refractivity contribution in [1.29, 1.82) is 0 Å². The average Bonchev–Trinajstić information content (AvgIpc) is 2.54. The first-order valence-electron chi connectivity index (χ1n) is 3.66. The van der Waals surface area contributed by atoms with Gasteiger partial charge in [-0.1, -0.05) is 5.10 Å². The fourth-order valence-electron chi connectivity index (χ4n) is 1.08. The monoisotopic (exact) mass is 189 g/mol. The summed E-state index contributed by atoms with van der Waals surface area (Å²) in [5.41, 5.74) is 0. The number of hydrogen-bond donors (Lipinski definition) is 1. The Morgan fingerprint density at radius 1 is 1.50 bits per heavy atom. The third kappa shape index (κ3) is 1.57. The lowest BCUT2D eigenvalue weighted by molar-refractivity contribution is 0.0681. The van der Waals surface area contributed by atoms with Crippen LogP contribution in [-0.2, 0) is 4.74 Å².